The summed E-state index contributed by atoms with van der Waals surface area (Å²) in [5.74, 6) is -1.55. The van der Waals surface area contributed by atoms with Gasteiger partial charge in [-0.1, -0.05) is 36.4 Å². The zero-order valence-corrected chi connectivity index (χ0v) is 17.4. The number of benzene rings is 3. The Kier molecular flexibility index (Phi) is 5.54. The third-order valence-electron chi connectivity index (χ3n) is 5.56. The van der Waals surface area contributed by atoms with E-state index in [9.17, 15) is 14.7 Å². The van der Waals surface area contributed by atoms with Crippen LogP contribution in [0.2, 0.25) is 0 Å². The summed E-state index contributed by atoms with van der Waals surface area (Å²) < 4.78 is 0. The van der Waals surface area contributed by atoms with Crippen molar-refractivity contribution < 1.29 is 14.7 Å². The van der Waals surface area contributed by atoms with Crippen LogP contribution >= 0.6 is 0 Å². The van der Waals surface area contributed by atoms with E-state index in [4.69, 9.17) is 0 Å². The van der Waals surface area contributed by atoms with Gasteiger partial charge in [-0.2, -0.15) is 5.10 Å². The molecule has 1 heterocycles. The van der Waals surface area contributed by atoms with Gasteiger partial charge in [0.25, 0.3) is 5.91 Å². The Morgan fingerprint density at radius 2 is 1.45 bits per heavy atom. The largest absolute Gasteiger partial charge is 0.545 e. The Labute approximate surface area is 180 Å². The van der Waals surface area contributed by atoms with E-state index in [1.54, 1.807) is 24.3 Å². The van der Waals surface area contributed by atoms with Crippen LogP contribution in [0.1, 0.15) is 48.5 Å². The number of carbonyl (C=O) groups is 2. The number of fused-ring (bicyclic) bond motifs is 1. The molecule has 6 heteroatoms. The standard InChI is InChI=1S/C25H23N3O3/c1-16-11-21-14-28(15-22(21)12-17(16)2)23-9-7-19(8-10-23)24(29)27-26-13-18-3-5-20(6-4-18)25(30)31/h3-13H,14-15H2,1-2H3,(H,27,29)(H,30,31)/p-1/b26-13-. The fourth-order valence-electron chi connectivity index (χ4n) is 3.64. The first-order valence-corrected chi connectivity index (χ1v) is 9.99. The highest BCUT2D eigenvalue weighted by molar-refractivity contribution is 5.95. The zero-order chi connectivity index (χ0) is 22.0. The second-order valence-electron chi connectivity index (χ2n) is 7.72. The van der Waals surface area contributed by atoms with Gasteiger partial charge in [-0.25, -0.2) is 5.43 Å². The summed E-state index contributed by atoms with van der Waals surface area (Å²) in [4.78, 5) is 25.4. The molecule has 1 aliphatic rings. The molecule has 156 valence electrons. The van der Waals surface area contributed by atoms with Gasteiger partial charge in [-0.3, -0.25) is 4.79 Å². The van der Waals surface area contributed by atoms with E-state index in [1.165, 1.54) is 40.6 Å². The van der Waals surface area contributed by atoms with Crippen LogP contribution < -0.4 is 15.4 Å². The van der Waals surface area contributed by atoms with Gasteiger partial charge in [-0.15, -0.1) is 0 Å². The second kappa shape index (κ2) is 8.44. The fraction of sp³-hybridized carbons (Fsp3) is 0.160. The highest BCUT2D eigenvalue weighted by Gasteiger charge is 2.20. The quantitative estimate of drug-likeness (QED) is 0.516. The second-order valence-corrected chi connectivity index (χ2v) is 7.72. The van der Waals surface area contributed by atoms with Gasteiger partial charge in [0.2, 0.25) is 0 Å². The number of nitrogens with zero attached hydrogens (tertiary/aromatic N) is 2. The molecule has 0 fully saturated rings. The summed E-state index contributed by atoms with van der Waals surface area (Å²) in [5.41, 5.74) is 10.1. The topological polar surface area (TPSA) is 84.8 Å². The summed E-state index contributed by atoms with van der Waals surface area (Å²) in [6, 6.07) is 18.0. The molecule has 0 atom stereocenters. The molecule has 6 nitrogen and oxygen atoms in total. The van der Waals surface area contributed by atoms with Crippen molar-refractivity contribution in [3.8, 4) is 0 Å². The van der Waals surface area contributed by atoms with Crippen LogP contribution in [0.25, 0.3) is 0 Å². The van der Waals surface area contributed by atoms with Crippen molar-refractivity contribution in [1.82, 2.24) is 5.43 Å². The summed E-state index contributed by atoms with van der Waals surface area (Å²) >= 11 is 0. The minimum atomic E-state index is -1.23. The lowest BCUT2D eigenvalue weighted by Gasteiger charge is -2.17. The molecule has 4 rings (SSSR count). The molecular formula is C25H22N3O3-. The van der Waals surface area contributed by atoms with E-state index >= 15 is 0 Å². The fourth-order valence-corrected chi connectivity index (χ4v) is 3.64. The van der Waals surface area contributed by atoms with Crippen molar-refractivity contribution in [3.05, 3.63) is 99.6 Å². The lowest BCUT2D eigenvalue weighted by molar-refractivity contribution is -0.255. The lowest BCUT2D eigenvalue weighted by Crippen LogP contribution is -2.22. The van der Waals surface area contributed by atoms with Gasteiger partial charge in [0, 0.05) is 24.3 Å². The Morgan fingerprint density at radius 1 is 0.903 bits per heavy atom. The van der Waals surface area contributed by atoms with E-state index < -0.39 is 5.97 Å². The van der Waals surface area contributed by atoms with Crippen LogP contribution in [-0.4, -0.2) is 18.1 Å². The minimum Gasteiger partial charge on any atom is -0.545 e. The summed E-state index contributed by atoms with van der Waals surface area (Å²) in [6.45, 7) is 6.00. The van der Waals surface area contributed by atoms with E-state index in [-0.39, 0.29) is 11.5 Å². The van der Waals surface area contributed by atoms with Crippen LogP contribution in [-0.2, 0) is 13.1 Å². The molecule has 0 aromatic heterocycles. The molecule has 1 amide bonds. The number of rotatable bonds is 5. The molecular weight excluding hydrogens is 390 g/mol. The Morgan fingerprint density at radius 3 is 2.00 bits per heavy atom. The Balaban J connectivity index is 1.37. The normalized spacial score (nSPS) is 12.8. The average molecular weight is 412 g/mol. The number of hydrazone groups is 1. The molecule has 1 aliphatic heterocycles. The van der Waals surface area contributed by atoms with Crippen LogP contribution in [0.3, 0.4) is 0 Å². The monoisotopic (exact) mass is 412 g/mol. The molecule has 0 bridgehead atoms. The van der Waals surface area contributed by atoms with Crippen LogP contribution in [0, 0.1) is 13.8 Å². The summed E-state index contributed by atoms with van der Waals surface area (Å²) in [5, 5.41) is 14.7. The molecule has 0 saturated carbocycles. The van der Waals surface area contributed by atoms with Gasteiger partial charge in [-0.05, 0) is 71.5 Å². The van der Waals surface area contributed by atoms with Gasteiger partial charge in [0.15, 0.2) is 0 Å². The first-order valence-electron chi connectivity index (χ1n) is 9.99. The highest BCUT2D eigenvalue weighted by Crippen LogP contribution is 2.30. The van der Waals surface area contributed by atoms with Crippen LogP contribution in [0.4, 0.5) is 5.69 Å². The third-order valence-corrected chi connectivity index (χ3v) is 5.56. The number of hydrogen-bond donors (Lipinski definition) is 1. The molecule has 0 aliphatic carbocycles. The molecule has 0 spiro atoms. The average Bonchev–Trinajstić information content (AvgIpc) is 3.17. The lowest BCUT2D eigenvalue weighted by atomic mass is 10.0. The SMILES string of the molecule is Cc1cc2c(cc1C)CN(c1ccc(C(=O)N/N=C\c3ccc(C(=O)[O-])cc3)cc1)C2. The van der Waals surface area contributed by atoms with E-state index in [0.29, 0.717) is 11.1 Å². The number of hydrogen-bond acceptors (Lipinski definition) is 5. The molecule has 0 unspecified atom stereocenters. The van der Waals surface area contributed by atoms with E-state index in [2.05, 4.69) is 41.4 Å². The minimum absolute atomic E-state index is 0.0904. The molecule has 0 saturated heterocycles. The van der Waals surface area contributed by atoms with Crippen molar-refractivity contribution in [1.29, 1.82) is 0 Å². The molecule has 1 N–H and O–H groups in total. The van der Waals surface area contributed by atoms with Crippen LogP contribution in [0.15, 0.2) is 65.8 Å². The summed E-state index contributed by atoms with van der Waals surface area (Å²) in [7, 11) is 0. The maximum absolute atomic E-state index is 12.3. The van der Waals surface area contributed by atoms with Gasteiger partial charge in [0.05, 0.1) is 12.2 Å². The molecule has 0 radical (unpaired) electrons. The van der Waals surface area contributed by atoms with E-state index in [0.717, 1.165) is 18.8 Å². The molecule has 3 aromatic carbocycles. The first-order chi connectivity index (χ1) is 14.9. The predicted octanol–water partition coefficient (Wildman–Crippen LogP) is 2.95. The number of carboxylic acids is 1. The number of aryl methyl sites for hydroxylation is 2. The van der Waals surface area contributed by atoms with Crippen molar-refractivity contribution in [2.45, 2.75) is 26.9 Å². The maximum atomic E-state index is 12.3. The number of carboxylic acid groups (broad SMARTS) is 1. The number of carbonyl (C=O) groups excluding carboxylic acids is 2. The first kappa shape index (κ1) is 20.3. The molecule has 3 aromatic rings. The van der Waals surface area contributed by atoms with Gasteiger partial charge >= 0.3 is 0 Å². The zero-order valence-electron chi connectivity index (χ0n) is 17.4. The van der Waals surface area contributed by atoms with Gasteiger partial charge in [0.1, 0.15) is 0 Å². The smallest absolute Gasteiger partial charge is 0.271 e. The van der Waals surface area contributed by atoms with Crippen LogP contribution in [0.5, 0.6) is 0 Å². The maximum Gasteiger partial charge on any atom is 0.271 e. The Bertz CT molecular complexity index is 1130. The van der Waals surface area contributed by atoms with Gasteiger partial charge < -0.3 is 14.8 Å². The predicted molar refractivity (Wildman–Crippen MR) is 118 cm³/mol. The highest BCUT2D eigenvalue weighted by atomic mass is 16.4. The third kappa shape index (κ3) is 4.48. The summed E-state index contributed by atoms with van der Waals surface area (Å²) in [6.07, 6.45) is 1.46. The number of aromatic carboxylic acids is 1. The molecule has 31 heavy (non-hydrogen) atoms. The number of amides is 1. The number of anilines is 1. The van der Waals surface area contributed by atoms with Crippen molar-refractivity contribution >= 4 is 23.8 Å². The van der Waals surface area contributed by atoms with Crippen molar-refractivity contribution in [2.24, 2.45) is 5.10 Å². The Hall–Kier alpha value is -3.93. The van der Waals surface area contributed by atoms with Crippen molar-refractivity contribution in [2.75, 3.05) is 4.90 Å². The van der Waals surface area contributed by atoms with E-state index in [1.807, 2.05) is 12.1 Å². The van der Waals surface area contributed by atoms with Crippen molar-refractivity contribution in [3.63, 3.8) is 0 Å². The number of nitrogens with one attached hydrogen (secondary N) is 1.